The topological polar surface area (TPSA) is 147 Å². The maximum Gasteiger partial charge on any atom is 0.258 e. The Kier molecular flexibility index (Phi) is 4.90. The molecular weight excluding hydrogens is 423 g/mol. The molecule has 3 aliphatic carbocycles. The number of nitrogens with zero attached hydrogens (tertiary/aromatic N) is 1. The van der Waals surface area contributed by atoms with Crippen LogP contribution in [-0.2, 0) is 20.8 Å². The second-order valence-corrected chi connectivity index (χ2v) is 8.60. The summed E-state index contributed by atoms with van der Waals surface area (Å²) in [6, 6.07) is 0.953. The molecule has 0 radical (unpaired) electrons. The summed E-state index contributed by atoms with van der Waals surface area (Å²) in [5.41, 5.74) is -3.92. The van der Waals surface area contributed by atoms with Crippen LogP contribution in [0.5, 0.6) is 5.75 Å². The molecule has 1 amide bonds. The van der Waals surface area contributed by atoms with Crippen LogP contribution in [0, 0.1) is 17.7 Å². The average molecular weight is 446 g/mol. The van der Waals surface area contributed by atoms with E-state index < -0.39 is 69.6 Å². The van der Waals surface area contributed by atoms with E-state index in [0.29, 0.717) is 0 Å². The maximum absolute atomic E-state index is 14.5. The lowest BCUT2D eigenvalue weighted by Crippen LogP contribution is -2.65. The molecule has 10 heteroatoms. The summed E-state index contributed by atoms with van der Waals surface area (Å²) in [4.78, 5) is 40.5. The van der Waals surface area contributed by atoms with Crippen molar-refractivity contribution in [3.05, 3.63) is 46.0 Å². The minimum absolute atomic E-state index is 0.0174. The van der Waals surface area contributed by atoms with Gasteiger partial charge < -0.3 is 25.7 Å². The Bertz CT molecular complexity index is 1140. The Morgan fingerprint density at radius 2 is 1.88 bits per heavy atom. The Morgan fingerprint density at radius 1 is 1.22 bits per heavy atom. The Hall–Kier alpha value is -3.24. The normalized spacial score (nSPS) is 29.6. The average Bonchev–Trinajstić information content (AvgIpc) is 2.73. The minimum Gasteiger partial charge on any atom is -0.508 e. The van der Waals surface area contributed by atoms with Crippen LogP contribution in [0.1, 0.15) is 17.5 Å². The van der Waals surface area contributed by atoms with Crippen molar-refractivity contribution in [3.63, 3.8) is 0 Å². The zero-order valence-corrected chi connectivity index (χ0v) is 17.6. The minimum atomic E-state index is -2.66. The van der Waals surface area contributed by atoms with E-state index in [1.165, 1.54) is 26.0 Å². The number of fused-ring (bicyclic) bond motifs is 3. The summed E-state index contributed by atoms with van der Waals surface area (Å²) in [7, 11) is 4.31. The second kappa shape index (κ2) is 7.14. The summed E-state index contributed by atoms with van der Waals surface area (Å²) in [5, 5.41) is 45.6. The van der Waals surface area contributed by atoms with Gasteiger partial charge in [-0.05, 0) is 45.0 Å². The van der Waals surface area contributed by atoms with Crippen LogP contribution in [-0.4, -0.2) is 75.6 Å². The van der Waals surface area contributed by atoms with E-state index >= 15 is 0 Å². The summed E-state index contributed by atoms with van der Waals surface area (Å²) in [5.74, 6) is -7.65. The molecule has 170 valence electrons. The van der Waals surface area contributed by atoms with Crippen LogP contribution in [0.15, 0.2) is 29.0 Å². The van der Waals surface area contributed by atoms with Gasteiger partial charge in [0.15, 0.2) is 11.4 Å². The van der Waals surface area contributed by atoms with Gasteiger partial charge in [0.05, 0.1) is 11.6 Å². The number of rotatable bonds is 2. The van der Waals surface area contributed by atoms with E-state index in [0.717, 1.165) is 12.1 Å². The molecule has 9 nitrogen and oxygen atoms in total. The molecular formula is C22H23FN2O7. The van der Waals surface area contributed by atoms with Crippen molar-refractivity contribution in [3.8, 4) is 5.75 Å². The van der Waals surface area contributed by atoms with Gasteiger partial charge in [0.2, 0.25) is 5.78 Å². The number of phenolic OH excluding ortho intramolecular Hbond substituents is 1. The molecule has 0 spiro atoms. The van der Waals surface area contributed by atoms with Crippen LogP contribution in [0.25, 0.3) is 5.76 Å². The molecule has 4 rings (SSSR count). The molecule has 3 aliphatic rings. The quantitative estimate of drug-likeness (QED) is 0.409. The first-order valence-corrected chi connectivity index (χ1v) is 10.0. The lowest BCUT2D eigenvalue weighted by Gasteiger charge is -2.50. The van der Waals surface area contributed by atoms with Gasteiger partial charge in [-0.25, -0.2) is 4.39 Å². The van der Waals surface area contributed by atoms with Crippen LogP contribution in [0.2, 0.25) is 0 Å². The summed E-state index contributed by atoms with van der Waals surface area (Å²) in [6.07, 6.45) is -0.121. The summed E-state index contributed by atoms with van der Waals surface area (Å²) in [6.45, 7) is 0. The zero-order chi connectivity index (χ0) is 23.7. The van der Waals surface area contributed by atoms with Crippen molar-refractivity contribution in [2.75, 3.05) is 21.1 Å². The van der Waals surface area contributed by atoms with E-state index in [4.69, 9.17) is 0 Å². The van der Waals surface area contributed by atoms with Crippen molar-refractivity contribution in [2.45, 2.75) is 24.5 Å². The van der Waals surface area contributed by atoms with E-state index in [1.807, 2.05) is 0 Å². The number of aliphatic hydroxyl groups excluding tert-OH is 2. The molecule has 0 aliphatic heterocycles. The third-order valence-electron chi connectivity index (χ3n) is 6.75. The molecule has 0 heterocycles. The first-order chi connectivity index (χ1) is 15.0. The first kappa shape index (κ1) is 22.0. The van der Waals surface area contributed by atoms with E-state index in [9.17, 15) is 39.2 Å². The number of likely N-dealkylation sites (N-methyl/N-ethyl adjacent to an activating group) is 2. The highest BCUT2D eigenvalue weighted by Gasteiger charge is 2.64. The fourth-order valence-corrected chi connectivity index (χ4v) is 5.31. The van der Waals surface area contributed by atoms with Gasteiger partial charge in [0, 0.05) is 24.1 Å². The fourth-order valence-electron chi connectivity index (χ4n) is 5.31. The monoisotopic (exact) mass is 446 g/mol. The van der Waals surface area contributed by atoms with Crippen LogP contribution in [0.4, 0.5) is 4.39 Å². The first-order valence-electron chi connectivity index (χ1n) is 10.0. The number of aliphatic hydroxyl groups is 3. The van der Waals surface area contributed by atoms with Gasteiger partial charge >= 0.3 is 0 Å². The number of benzene rings is 1. The lowest BCUT2D eigenvalue weighted by atomic mass is 9.57. The molecule has 1 aromatic rings. The third kappa shape index (κ3) is 2.66. The number of nitrogens with one attached hydrogen (secondary N) is 1. The molecule has 0 aromatic heterocycles. The van der Waals surface area contributed by atoms with Crippen molar-refractivity contribution in [2.24, 2.45) is 11.8 Å². The largest absolute Gasteiger partial charge is 0.508 e. The number of halogens is 1. The number of Topliss-reactive ketones (excluding diaryl/α,β-unsaturated/α-hetero) is 2. The van der Waals surface area contributed by atoms with Gasteiger partial charge in [-0.2, -0.15) is 0 Å². The molecule has 1 fully saturated rings. The van der Waals surface area contributed by atoms with Gasteiger partial charge in [-0.15, -0.1) is 0 Å². The zero-order valence-electron chi connectivity index (χ0n) is 17.6. The molecule has 1 aromatic carbocycles. The van der Waals surface area contributed by atoms with Gasteiger partial charge in [-0.1, -0.05) is 0 Å². The lowest BCUT2D eigenvalue weighted by molar-refractivity contribution is -0.153. The maximum atomic E-state index is 14.5. The number of aromatic hydroxyl groups is 1. The SMILES string of the molecule is CNC(=O)C1=C(O)[C@@]2(O)C(=O)C3=C(O)c4c(O)ccc(F)c4CC3CC2[C@H](N(C)C)C1=O. The van der Waals surface area contributed by atoms with Crippen molar-refractivity contribution in [1.29, 1.82) is 0 Å². The smallest absolute Gasteiger partial charge is 0.258 e. The highest BCUT2D eigenvalue weighted by atomic mass is 19.1. The standard InChI is InChI=1S/C22H23FN2O7/c1-24-21(31)15-18(28)16(25(2)3)10-7-8-6-9-11(23)4-5-12(26)14(9)17(27)13(8)19(29)22(10,32)20(15)30/h4-5,8,10,16,26-27,30,32H,6-7H2,1-3H3,(H,24,31)/t8?,10?,16-,22-/m0/s1. The molecule has 2 unspecified atom stereocenters. The highest BCUT2D eigenvalue weighted by Crippen LogP contribution is 2.52. The summed E-state index contributed by atoms with van der Waals surface area (Å²) < 4.78 is 14.5. The Balaban J connectivity index is 1.99. The Morgan fingerprint density at radius 3 is 2.47 bits per heavy atom. The third-order valence-corrected chi connectivity index (χ3v) is 6.75. The molecule has 32 heavy (non-hydrogen) atoms. The number of hydrogen-bond donors (Lipinski definition) is 5. The van der Waals surface area contributed by atoms with Crippen LogP contribution in [0.3, 0.4) is 0 Å². The summed E-state index contributed by atoms with van der Waals surface area (Å²) >= 11 is 0. The number of carbonyl (C=O) groups is 3. The predicted molar refractivity (Wildman–Crippen MR) is 109 cm³/mol. The number of amides is 1. The van der Waals surface area contributed by atoms with Gasteiger partial charge in [0.25, 0.3) is 5.91 Å². The number of ketones is 2. The number of carbonyl (C=O) groups excluding carboxylic acids is 3. The van der Waals surface area contributed by atoms with Gasteiger partial charge in [-0.3, -0.25) is 19.3 Å². The molecule has 0 saturated heterocycles. The van der Waals surface area contributed by atoms with Crippen LogP contribution >= 0.6 is 0 Å². The number of hydrogen-bond acceptors (Lipinski definition) is 8. The van der Waals surface area contributed by atoms with Crippen LogP contribution < -0.4 is 5.32 Å². The highest BCUT2D eigenvalue weighted by molar-refractivity contribution is 6.24. The van der Waals surface area contributed by atoms with Gasteiger partial charge in [0.1, 0.15) is 28.7 Å². The molecule has 0 bridgehead atoms. The van der Waals surface area contributed by atoms with Crippen molar-refractivity contribution < 1.29 is 39.2 Å². The molecule has 1 saturated carbocycles. The Labute approximate surface area is 182 Å². The predicted octanol–water partition coefficient (Wildman–Crippen LogP) is 0.364. The van der Waals surface area contributed by atoms with E-state index in [-0.39, 0.29) is 29.5 Å². The van der Waals surface area contributed by atoms with E-state index in [2.05, 4.69) is 5.32 Å². The van der Waals surface area contributed by atoms with Crippen molar-refractivity contribution in [1.82, 2.24) is 10.2 Å². The van der Waals surface area contributed by atoms with E-state index in [1.54, 1.807) is 0 Å². The second-order valence-electron chi connectivity index (χ2n) is 8.60. The fraction of sp³-hybridized carbons (Fsp3) is 0.409. The van der Waals surface area contributed by atoms with Crippen molar-refractivity contribution >= 4 is 23.2 Å². The molecule has 5 N–H and O–H groups in total. The molecule has 4 atom stereocenters. The number of phenols is 1.